The molecule has 4 nitrogen and oxygen atoms in total. The molecule has 0 bridgehead atoms. The van der Waals surface area contributed by atoms with Crippen LogP contribution in [0.5, 0.6) is 0 Å². The molecule has 0 fully saturated rings. The largest absolute Gasteiger partial charge is 0.416 e. The Hall–Kier alpha value is -1.89. The summed E-state index contributed by atoms with van der Waals surface area (Å²) in [4.78, 5) is 4.16. The van der Waals surface area contributed by atoms with Crippen LogP contribution < -0.4 is 5.32 Å². The van der Waals surface area contributed by atoms with Gasteiger partial charge in [-0.1, -0.05) is 17.3 Å². The number of rotatable bonds is 4. The lowest BCUT2D eigenvalue weighted by Gasteiger charge is -2.06. The Balaban J connectivity index is 2.16. The van der Waals surface area contributed by atoms with E-state index in [4.69, 9.17) is 4.52 Å². The molecule has 0 radical (unpaired) electrons. The van der Waals surface area contributed by atoms with E-state index in [0.717, 1.165) is 12.1 Å². The van der Waals surface area contributed by atoms with Crippen LogP contribution in [0.1, 0.15) is 18.4 Å². The van der Waals surface area contributed by atoms with Gasteiger partial charge in [0.15, 0.2) is 0 Å². The van der Waals surface area contributed by atoms with E-state index in [1.807, 2.05) is 14.0 Å². The number of aromatic nitrogens is 2. The van der Waals surface area contributed by atoms with Crippen molar-refractivity contribution < 1.29 is 17.7 Å². The SMILES string of the molecule is CNC(C)Cc1nc(-c2ccc(C(F)(F)F)cc2)no1. The lowest BCUT2D eigenvalue weighted by atomic mass is 10.1. The van der Waals surface area contributed by atoms with E-state index in [1.165, 1.54) is 12.1 Å². The molecule has 1 atom stereocenters. The summed E-state index contributed by atoms with van der Waals surface area (Å²) >= 11 is 0. The molecule has 2 aromatic rings. The van der Waals surface area contributed by atoms with Gasteiger partial charge in [0, 0.05) is 18.0 Å². The molecular formula is C13H14F3N3O. The maximum atomic E-state index is 12.5. The van der Waals surface area contributed by atoms with Crippen LogP contribution in [0.2, 0.25) is 0 Å². The van der Waals surface area contributed by atoms with Gasteiger partial charge in [-0.25, -0.2) is 0 Å². The quantitative estimate of drug-likeness (QED) is 0.938. The van der Waals surface area contributed by atoms with Gasteiger partial charge in [0.1, 0.15) is 0 Å². The third-order valence-corrected chi connectivity index (χ3v) is 2.91. The molecule has 0 aliphatic rings. The highest BCUT2D eigenvalue weighted by atomic mass is 19.4. The predicted molar refractivity (Wildman–Crippen MR) is 67.0 cm³/mol. The van der Waals surface area contributed by atoms with E-state index < -0.39 is 11.7 Å². The van der Waals surface area contributed by atoms with Crippen molar-refractivity contribution in [1.29, 1.82) is 0 Å². The molecule has 0 aliphatic carbocycles. The minimum Gasteiger partial charge on any atom is -0.339 e. The van der Waals surface area contributed by atoms with Gasteiger partial charge >= 0.3 is 6.18 Å². The molecule has 108 valence electrons. The Morgan fingerprint density at radius 3 is 2.45 bits per heavy atom. The van der Waals surface area contributed by atoms with Gasteiger partial charge in [0.05, 0.1) is 5.56 Å². The van der Waals surface area contributed by atoms with E-state index in [0.29, 0.717) is 17.9 Å². The number of likely N-dealkylation sites (N-methyl/N-ethyl adjacent to an activating group) is 1. The van der Waals surface area contributed by atoms with Gasteiger partial charge in [-0.2, -0.15) is 18.2 Å². The summed E-state index contributed by atoms with van der Waals surface area (Å²) in [6.07, 6.45) is -3.78. The number of nitrogens with zero attached hydrogens (tertiary/aromatic N) is 2. The maximum Gasteiger partial charge on any atom is 0.416 e. The monoisotopic (exact) mass is 285 g/mol. The van der Waals surface area contributed by atoms with Crippen molar-refractivity contribution in [3.05, 3.63) is 35.7 Å². The number of hydrogen-bond acceptors (Lipinski definition) is 4. The van der Waals surface area contributed by atoms with Crippen molar-refractivity contribution in [2.45, 2.75) is 25.6 Å². The summed E-state index contributed by atoms with van der Waals surface area (Å²) in [5, 5.41) is 6.80. The first-order valence-corrected chi connectivity index (χ1v) is 6.07. The minimum absolute atomic E-state index is 0.177. The summed E-state index contributed by atoms with van der Waals surface area (Å²) < 4.78 is 42.4. The average Bonchev–Trinajstić information content (AvgIpc) is 2.86. The molecule has 2 rings (SSSR count). The number of halogens is 3. The highest BCUT2D eigenvalue weighted by Crippen LogP contribution is 2.30. The fourth-order valence-electron chi connectivity index (χ4n) is 1.63. The molecule has 20 heavy (non-hydrogen) atoms. The van der Waals surface area contributed by atoms with Crippen molar-refractivity contribution in [3.8, 4) is 11.4 Å². The first-order chi connectivity index (χ1) is 9.40. The number of nitrogens with one attached hydrogen (secondary N) is 1. The van der Waals surface area contributed by atoms with Gasteiger partial charge in [0.25, 0.3) is 0 Å². The van der Waals surface area contributed by atoms with Crippen LogP contribution in [0, 0.1) is 0 Å². The summed E-state index contributed by atoms with van der Waals surface area (Å²) in [5.74, 6) is 0.735. The number of benzene rings is 1. The Labute approximate surface area is 114 Å². The molecule has 1 N–H and O–H groups in total. The average molecular weight is 285 g/mol. The molecule has 1 heterocycles. The predicted octanol–water partition coefficient (Wildman–Crippen LogP) is 2.91. The molecule has 1 unspecified atom stereocenters. The molecule has 0 saturated carbocycles. The van der Waals surface area contributed by atoms with Gasteiger partial charge in [-0.3, -0.25) is 0 Å². The number of alkyl halides is 3. The summed E-state index contributed by atoms with van der Waals surface area (Å²) in [5.41, 5.74) is -0.209. The topological polar surface area (TPSA) is 51.0 Å². The van der Waals surface area contributed by atoms with Crippen LogP contribution in [-0.2, 0) is 12.6 Å². The smallest absolute Gasteiger partial charge is 0.339 e. The first-order valence-electron chi connectivity index (χ1n) is 6.07. The summed E-state index contributed by atoms with van der Waals surface area (Å²) in [6.45, 7) is 1.96. The molecule has 0 amide bonds. The van der Waals surface area contributed by atoms with Crippen molar-refractivity contribution >= 4 is 0 Å². The molecule has 1 aromatic heterocycles. The first kappa shape index (κ1) is 14.5. The second-order valence-corrected chi connectivity index (χ2v) is 4.48. The van der Waals surface area contributed by atoms with E-state index in [9.17, 15) is 13.2 Å². The van der Waals surface area contributed by atoms with Crippen LogP contribution >= 0.6 is 0 Å². The van der Waals surface area contributed by atoms with E-state index in [-0.39, 0.29) is 11.9 Å². The van der Waals surface area contributed by atoms with Crippen LogP contribution in [0.25, 0.3) is 11.4 Å². The fraction of sp³-hybridized carbons (Fsp3) is 0.385. The Morgan fingerprint density at radius 2 is 1.90 bits per heavy atom. The molecule has 0 aliphatic heterocycles. The van der Waals surface area contributed by atoms with E-state index in [2.05, 4.69) is 15.5 Å². The Morgan fingerprint density at radius 1 is 1.25 bits per heavy atom. The van der Waals surface area contributed by atoms with Crippen LogP contribution in [0.4, 0.5) is 13.2 Å². The minimum atomic E-state index is -4.34. The van der Waals surface area contributed by atoms with Crippen molar-refractivity contribution in [2.75, 3.05) is 7.05 Å². The van der Waals surface area contributed by atoms with Gasteiger partial charge in [-0.05, 0) is 26.1 Å². The van der Waals surface area contributed by atoms with E-state index in [1.54, 1.807) is 0 Å². The molecule has 0 saturated heterocycles. The molecule has 1 aromatic carbocycles. The van der Waals surface area contributed by atoms with Crippen LogP contribution in [0.15, 0.2) is 28.8 Å². The second-order valence-electron chi connectivity index (χ2n) is 4.48. The molecule has 0 spiro atoms. The third kappa shape index (κ3) is 3.36. The van der Waals surface area contributed by atoms with Gasteiger partial charge in [-0.15, -0.1) is 0 Å². The lowest BCUT2D eigenvalue weighted by Crippen LogP contribution is -2.23. The highest BCUT2D eigenvalue weighted by molar-refractivity contribution is 5.54. The maximum absolute atomic E-state index is 12.5. The summed E-state index contributed by atoms with van der Waals surface area (Å²) in [6, 6.07) is 4.84. The van der Waals surface area contributed by atoms with Gasteiger partial charge < -0.3 is 9.84 Å². The van der Waals surface area contributed by atoms with Crippen molar-refractivity contribution in [2.24, 2.45) is 0 Å². The third-order valence-electron chi connectivity index (χ3n) is 2.91. The van der Waals surface area contributed by atoms with Crippen LogP contribution in [-0.4, -0.2) is 23.2 Å². The second kappa shape index (κ2) is 5.62. The van der Waals surface area contributed by atoms with E-state index >= 15 is 0 Å². The molecular weight excluding hydrogens is 271 g/mol. The van der Waals surface area contributed by atoms with Crippen molar-refractivity contribution in [1.82, 2.24) is 15.5 Å². The Kier molecular flexibility index (Phi) is 4.08. The van der Waals surface area contributed by atoms with Gasteiger partial charge in [0.2, 0.25) is 11.7 Å². The lowest BCUT2D eigenvalue weighted by molar-refractivity contribution is -0.137. The zero-order valence-corrected chi connectivity index (χ0v) is 11.0. The standard InChI is InChI=1S/C13H14F3N3O/c1-8(17-2)7-11-18-12(19-20-11)9-3-5-10(6-4-9)13(14,15)16/h3-6,8,17H,7H2,1-2H3. The fourth-order valence-corrected chi connectivity index (χ4v) is 1.63. The zero-order valence-electron chi connectivity index (χ0n) is 11.0. The summed E-state index contributed by atoms with van der Waals surface area (Å²) in [7, 11) is 1.82. The van der Waals surface area contributed by atoms with Crippen LogP contribution in [0.3, 0.4) is 0 Å². The highest BCUT2D eigenvalue weighted by Gasteiger charge is 2.30. The number of hydrogen-bond donors (Lipinski definition) is 1. The van der Waals surface area contributed by atoms with Crippen molar-refractivity contribution in [3.63, 3.8) is 0 Å². The molecule has 7 heteroatoms. The Bertz CT molecular complexity index is 563. The zero-order chi connectivity index (χ0) is 14.8. The normalized spacial score (nSPS) is 13.4.